The van der Waals surface area contributed by atoms with Gasteiger partial charge in [-0.05, 0) is 11.5 Å². The monoisotopic (exact) mass is 377 g/mol. The van der Waals surface area contributed by atoms with Crippen molar-refractivity contribution in [2.75, 3.05) is 24.6 Å². The molecule has 0 saturated carbocycles. The van der Waals surface area contributed by atoms with Gasteiger partial charge in [-0.25, -0.2) is 8.42 Å². The molecule has 1 amide bonds. The number of hydrogen-bond donors (Lipinski definition) is 0. The first-order valence-corrected chi connectivity index (χ1v) is 10.6. The smallest absolute Gasteiger partial charge is 0.227 e. The largest absolute Gasteiger partial charge is 0.341 e. The lowest BCUT2D eigenvalue weighted by Crippen LogP contribution is -2.43. The van der Waals surface area contributed by atoms with E-state index >= 15 is 0 Å². The third-order valence-electron chi connectivity index (χ3n) is 4.55. The van der Waals surface area contributed by atoms with Gasteiger partial charge in [0.1, 0.15) is 0 Å². The van der Waals surface area contributed by atoms with Gasteiger partial charge in [-0.2, -0.15) is 4.98 Å². The number of carbonyl (C=O) groups excluding carboxylic acids is 1. The minimum Gasteiger partial charge on any atom is -0.341 e. The van der Waals surface area contributed by atoms with Gasteiger partial charge in [0.15, 0.2) is 9.84 Å². The molecule has 8 heteroatoms. The predicted octanol–water partition coefficient (Wildman–Crippen LogP) is 2.05. The molecule has 0 N–H and O–H groups in total. The molecule has 0 atom stereocenters. The van der Waals surface area contributed by atoms with E-state index in [1.807, 2.05) is 24.3 Å². The van der Waals surface area contributed by atoms with Gasteiger partial charge in [-0.15, -0.1) is 0 Å². The summed E-state index contributed by atoms with van der Waals surface area (Å²) in [5.41, 5.74) is 2.11. The van der Waals surface area contributed by atoms with Crippen LogP contribution >= 0.6 is 0 Å². The van der Waals surface area contributed by atoms with Crippen LogP contribution in [0.15, 0.2) is 28.8 Å². The Hall–Kier alpha value is -2.22. The number of hydrogen-bond acceptors (Lipinski definition) is 6. The molecule has 1 saturated heterocycles. The van der Waals surface area contributed by atoms with Gasteiger partial charge in [0.25, 0.3) is 0 Å². The molecule has 3 rings (SSSR count). The lowest BCUT2D eigenvalue weighted by Gasteiger charge is -2.26. The number of rotatable bonds is 5. The SMILES string of the molecule is CC(C)c1ccc(-c2noc(CCC(=O)N3CCS(=O)(=O)CC3)n2)cc1. The van der Waals surface area contributed by atoms with Crippen LogP contribution < -0.4 is 0 Å². The summed E-state index contributed by atoms with van der Waals surface area (Å²) < 4.78 is 28.1. The molecular weight excluding hydrogens is 354 g/mol. The summed E-state index contributed by atoms with van der Waals surface area (Å²) in [7, 11) is -2.99. The molecule has 0 spiro atoms. The van der Waals surface area contributed by atoms with Crippen molar-refractivity contribution in [3.05, 3.63) is 35.7 Å². The van der Waals surface area contributed by atoms with Crippen molar-refractivity contribution in [1.82, 2.24) is 15.0 Å². The minimum atomic E-state index is -2.99. The second-order valence-corrected chi connectivity index (χ2v) is 9.12. The minimum absolute atomic E-state index is 0.0375. The van der Waals surface area contributed by atoms with E-state index in [9.17, 15) is 13.2 Å². The molecule has 140 valence electrons. The van der Waals surface area contributed by atoms with Crippen molar-refractivity contribution in [2.45, 2.75) is 32.6 Å². The van der Waals surface area contributed by atoms with Gasteiger partial charge in [0, 0.05) is 31.5 Å². The zero-order valence-corrected chi connectivity index (χ0v) is 15.8. The summed E-state index contributed by atoms with van der Waals surface area (Å²) in [6.45, 7) is 4.80. The number of aromatic nitrogens is 2. The van der Waals surface area contributed by atoms with Crippen molar-refractivity contribution >= 4 is 15.7 Å². The van der Waals surface area contributed by atoms with Gasteiger partial charge in [-0.3, -0.25) is 4.79 Å². The molecule has 1 aromatic heterocycles. The summed E-state index contributed by atoms with van der Waals surface area (Å²) in [6, 6.07) is 8.01. The molecule has 2 aromatic rings. The van der Waals surface area contributed by atoms with Crippen LogP contribution in [0, 0.1) is 0 Å². The highest BCUT2D eigenvalue weighted by atomic mass is 32.2. The summed E-state index contributed by atoms with van der Waals surface area (Å²) >= 11 is 0. The highest BCUT2D eigenvalue weighted by Gasteiger charge is 2.25. The second kappa shape index (κ2) is 7.57. The number of benzene rings is 1. The molecule has 2 heterocycles. The third-order valence-corrected chi connectivity index (χ3v) is 6.16. The fourth-order valence-electron chi connectivity index (χ4n) is 2.82. The fraction of sp³-hybridized carbons (Fsp3) is 0.500. The van der Waals surface area contributed by atoms with Crippen molar-refractivity contribution in [3.63, 3.8) is 0 Å². The number of sulfone groups is 1. The van der Waals surface area contributed by atoms with Crippen molar-refractivity contribution < 1.29 is 17.7 Å². The van der Waals surface area contributed by atoms with E-state index < -0.39 is 9.84 Å². The standard InChI is InChI=1S/C18H23N3O4S/c1-13(2)14-3-5-15(6-4-14)18-19-16(25-20-18)7-8-17(22)21-9-11-26(23,24)12-10-21/h3-6,13H,7-12H2,1-2H3. The fourth-order valence-corrected chi connectivity index (χ4v) is 4.03. The average Bonchev–Trinajstić information content (AvgIpc) is 3.08. The summed E-state index contributed by atoms with van der Waals surface area (Å²) in [4.78, 5) is 18.1. The van der Waals surface area contributed by atoms with E-state index in [-0.39, 0.29) is 36.9 Å². The predicted molar refractivity (Wildman–Crippen MR) is 97.4 cm³/mol. The summed E-state index contributed by atoms with van der Waals surface area (Å²) in [5, 5.41) is 3.98. The molecule has 7 nitrogen and oxygen atoms in total. The lowest BCUT2D eigenvalue weighted by molar-refractivity contribution is -0.130. The third kappa shape index (κ3) is 4.49. The van der Waals surface area contributed by atoms with E-state index in [1.165, 1.54) is 5.56 Å². The Kier molecular flexibility index (Phi) is 5.41. The molecule has 1 aromatic carbocycles. The van der Waals surface area contributed by atoms with Crippen LogP contribution in [0.25, 0.3) is 11.4 Å². The van der Waals surface area contributed by atoms with Crippen LogP contribution in [0.5, 0.6) is 0 Å². The Labute approximate surface area is 153 Å². The normalized spacial score (nSPS) is 16.8. The average molecular weight is 377 g/mol. The Morgan fingerprint density at radius 3 is 2.46 bits per heavy atom. The molecule has 1 aliphatic rings. The number of amides is 1. The molecule has 0 radical (unpaired) electrons. The van der Waals surface area contributed by atoms with Gasteiger partial charge in [0.05, 0.1) is 11.5 Å². The summed E-state index contributed by atoms with van der Waals surface area (Å²) in [5.74, 6) is 1.37. The highest BCUT2D eigenvalue weighted by molar-refractivity contribution is 7.91. The van der Waals surface area contributed by atoms with E-state index in [0.29, 0.717) is 24.1 Å². The maximum absolute atomic E-state index is 12.2. The molecule has 0 bridgehead atoms. The van der Waals surface area contributed by atoms with Crippen LogP contribution in [0.2, 0.25) is 0 Å². The Morgan fingerprint density at radius 1 is 1.19 bits per heavy atom. The van der Waals surface area contributed by atoms with Crippen molar-refractivity contribution in [3.8, 4) is 11.4 Å². The Bertz CT molecular complexity index is 858. The van der Waals surface area contributed by atoms with Crippen LogP contribution in [-0.2, 0) is 21.1 Å². The van der Waals surface area contributed by atoms with Gasteiger partial charge in [-0.1, -0.05) is 43.3 Å². The lowest BCUT2D eigenvalue weighted by atomic mass is 10.0. The number of aryl methyl sites for hydroxylation is 1. The zero-order valence-electron chi connectivity index (χ0n) is 15.0. The molecule has 1 aliphatic heterocycles. The van der Waals surface area contributed by atoms with E-state index in [4.69, 9.17) is 4.52 Å². The van der Waals surface area contributed by atoms with Crippen LogP contribution in [-0.4, -0.2) is 54.0 Å². The van der Waals surface area contributed by atoms with E-state index in [0.717, 1.165) is 5.56 Å². The topological polar surface area (TPSA) is 93.4 Å². The first kappa shape index (κ1) is 18.6. The first-order valence-electron chi connectivity index (χ1n) is 8.75. The molecule has 0 aliphatic carbocycles. The maximum atomic E-state index is 12.2. The number of nitrogens with zero attached hydrogens (tertiary/aromatic N) is 3. The Morgan fingerprint density at radius 2 is 1.85 bits per heavy atom. The second-order valence-electron chi connectivity index (χ2n) is 6.82. The Balaban J connectivity index is 1.56. The van der Waals surface area contributed by atoms with Gasteiger partial charge in [0.2, 0.25) is 17.6 Å². The molecule has 26 heavy (non-hydrogen) atoms. The van der Waals surface area contributed by atoms with Crippen LogP contribution in [0.3, 0.4) is 0 Å². The van der Waals surface area contributed by atoms with E-state index in [1.54, 1.807) is 4.90 Å². The van der Waals surface area contributed by atoms with Gasteiger partial charge < -0.3 is 9.42 Å². The zero-order chi connectivity index (χ0) is 18.7. The van der Waals surface area contributed by atoms with Crippen molar-refractivity contribution in [1.29, 1.82) is 0 Å². The van der Waals surface area contributed by atoms with E-state index in [2.05, 4.69) is 24.0 Å². The highest BCUT2D eigenvalue weighted by Crippen LogP contribution is 2.21. The molecule has 1 fully saturated rings. The first-order chi connectivity index (χ1) is 12.3. The maximum Gasteiger partial charge on any atom is 0.227 e. The van der Waals surface area contributed by atoms with Crippen LogP contribution in [0.4, 0.5) is 0 Å². The summed E-state index contributed by atoms with van der Waals surface area (Å²) in [6.07, 6.45) is 0.577. The molecular formula is C18H23N3O4S. The molecule has 0 unspecified atom stereocenters. The number of carbonyl (C=O) groups is 1. The van der Waals surface area contributed by atoms with Crippen molar-refractivity contribution in [2.24, 2.45) is 0 Å². The van der Waals surface area contributed by atoms with Crippen LogP contribution in [0.1, 0.15) is 37.6 Å². The van der Waals surface area contributed by atoms with Gasteiger partial charge >= 0.3 is 0 Å². The quantitative estimate of drug-likeness (QED) is 0.792.